The van der Waals surface area contributed by atoms with Crippen molar-refractivity contribution in [2.75, 3.05) is 26.6 Å². The van der Waals surface area contributed by atoms with Crippen LogP contribution in [0.5, 0.6) is 0 Å². The zero-order valence-electron chi connectivity index (χ0n) is 12.9. The van der Waals surface area contributed by atoms with Crippen LogP contribution in [0.2, 0.25) is 0 Å². The number of hydrogen-bond donors (Lipinski definition) is 4. The van der Waals surface area contributed by atoms with Crippen molar-refractivity contribution in [1.29, 1.82) is 0 Å². The van der Waals surface area contributed by atoms with E-state index in [9.17, 15) is 19.2 Å². The van der Waals surface area contributed by atoms with Gasteiger partial charge in [0.15, 0.2) is 0 Å². The van der Waals surface area contributed by atoms with Crippen LogP contribution < -0.4 is 10.6 Å². The van der Waals surface area contributed by atoms with Gasteiger partial charge in [-0.2, -0.15) is 11.8 Å². The van der Waals surface area contributed by atoms with Crippen LogP contribution in [0.4, 0.5) is 0 Å². The van der Waals surface area contributed by atoms with Crippen LogP contribution in [0, 0.1) is 0 Å². The maximum Gasteiger partial charge on any atom is 0.317 e. The molecule has 2 amide bonds. The Bertz CT molecular complexity index is 392. The Labute approximate surface area is 137 Å². The van der Waals surface area contributed by atoms with Gasteiger partial charge >= 0.3 is 11.9 Å². The monoisotopic (exact) mass is 354 g/mol. The first-order chi connectivity index (χ1) is 10.2. The van der Waals surface area contributed by atoms with Crippen LogP contribution >= 0.6 is 23.5 Å². The summed E-state index contributed by atoms with van der Waals surface area (Å²) in [7, 11) is 2.98. The Morgan fingerprint density at radius 2 is 1.41 bits per heavy atom. The van der Waals surface area contributed by atoms with Crippen LogP contribution in [0.25, 0.3) is 0 Å². The number of amides is 2. The predicted octanol–water partition coefficient (Wildman–Crippen LogP) is -0.123. The molecular weight excluding hydrogens is 332 g/mol. The minimum absolute atomic E-state index is 0.0347. The lowest BCUT2D eigenvalue weighted by molar-refractivity contribution is -0.138. The highest BCUT2D eigenvalue weighted by Crippen LogP contribution is 2.11. The minimum atomic E-state index is -0.951. The van der Waals surface area contributed by atoms with Gasteiger partial charge in [0, 0.05) is 20.5 Å². The van der Waals surface area contributed by atoms with E-state index in [4.69, 9.17) is 10.2 Å². The summed E-state index contributed by atoms with van der Waals surface area (Å²) in [6.45, 7) is 0. The molecule has 128 valence electrons. The lowest BCUT2D eigenvalue weighted by Gasteiger charge is -2.08. The van der Waals surface area contributed by atoms with Crippen LogP contribution in [-0.2, 0) is 19.2 Å². The molecule has 2 unspecified atom stereocenters. The van der Waals surface area contributed by atoms with Gasteiger partial charge in [-0.25, -0.2) is 0 Å². The van der Waals surface area contributed by atoms with Gasteiger partial charge in [-0.05, 0) is 12.5 Å². The van der Waals surface area contributed by atoms with Crippen LogP contribution in [-0.4, -0.2) is 71.1 Å². The average molecular weight is 354 g/mol. The molecule has 0 aromatic heterocycles. The molecule has 4 N–H and O–H groups in total. The number of carboxylic acid groups (broad SMARTS) is 2. The van der Waals surface area contributed by atoms with E-state index in [1.54, 1.807) is 12.5 Å². The highest BCUT2D eigenvalue weighted by atomic mass is 32.2. The SMILES string of the molecule is CNC(=O)C(CC(=O)O)SC.CNC(=O)CC(SC)C(=O)O. The van der Waals surface area contributed by atoms with Crippen molar-refractivity contribution in [2.45, 2.75) is 23.3 Å². The van der Waals surface area contributed by atoms with Gasteiger partial charge < -0.3 is 20.8 Å². The molecule has 0 bridgehead atoms. The van der Waals surface area contributed by atoms with Crippen molar-refractivity contribution in [3.63, 3.8) is 0 Å². The van der Waals surface area contributed by atoms with Crippen LogP contribution in [0.15, 0.2) is 0 Å². The summed E-state index contributed by atoms with van der Waals surface area (Å²) in [5.41, 5.74) is 0. The highest BCUT2D eigenvalue weighted by molar-refractivity contribution is 8.00. The lowest BCUT2D eigenvalue weighted by atomic mass is 10.3. The quantitative estimate of drug-likeness (QED) is 0.474. The van der Waals surface area contributed by atoms with Gasteiger partial charge in [0.05, 0.1) is 11.7 Å². The number of thioether (sulfide) groups is 2. The molecule has 0 saturated heterocycles. The third-order valence-corrected chi connectivity index (χ3v) is 4.28. The summed E-state index contributed by atoms with van der Waals surface area (Å²) in [5.74, 6) is -2.37. The number of nitrogens with one attached hydrogen (secondary N) is 2. The van der Waals surface area contributed by atoms with E-state index < -0.39 is 22.4 Å². The number of aliphatic carboxylic acids is 2. The molecule has 2 atom stereocenters. The van der Waals surface area contributed by atoms with Crippen LogP contribution in [0.1, 0.15) is 12.8 Å². The fraction of sp³-hybridized carbons (Fsp3) is 0.667. The maximum atomic E-state index is 10.9. The number of carboxylic acids is 2. The molecule has 0 saturated carbocycles. The Hall–Kier alpha value is -1.42. The number of rotatable bonds is 8. The second-order valence-corrected chi connectivity index (χ2v) is 5.96. The smallest absolute Gasteiger partial charge is 0.317 e. The van der Waals surface area contributed by atoms with E-state index in [1.165, 1.54) is 25.9 Å². The zero-order chi connectivity index (χ0) is 17.7. The summed E-state index contributed by atoms with van der Waals surface area (Å²) in [6.07, 6.45) is 3.29. The van der Waals surface area contributed by atoms with E-state index >= 15 is 0 Å². The molecule has 0 aliphatic heterocycles. The molecule has 0 rings (SSSR count). The molecular formula is C12H22N2O6S2. The van der Waals surface area contributed by atoms with Crippen molar-refractivity contribution in [2.24, 2.45) is 0 Å². The first-order valence-electron chi connectivity index (χ1n) is 6.15. The van der Waals surface area contributed by atoms with Crippen molar-refractivity contribution >= 4 is 47.3 Å². The molecule has 22 heavy (non-hydrogen) atoms. The largest absolute Gasteiger partial charge is 0.481 e. The van der Waals surface area contributed by atoms with Gasteiger partial charge in [0.2, 0.25) is 11.8 Å². The number of carbonyl (C=O) groups excluding carboxylic acids is 2. The van der Waals surface area contributed by atoms with Gasteiger partial charge in [0.1, 0.15) is 5.25 Å². The Balaban J connectivity index is 0. The summed E-state index contributed by atoms with van der Waals surface area (Å²) in [6, 6.07) is 0. The van der Waals surface area contributed by atoms with Gasteiger partial charge in [-0.3, -0.25) is 19.2 Å². The van der Waals surface area contributed by atoms with Crippen molar-refractivity contribution in [1.82, 2.24) is 10.6 Å². The fourth-order valence-electron chi connectivity index (χ4n) is 1.14. The summed E-state index contributed by atoms with van der Waals surface area (Å²) in [5, 5.41) is 20.5. The first-order valence-corrected chi connectivity index (χ1v) is 8.73. The number of carbonyl (C=O) groups is 4. The molecule has 0 spiro atoms. The lowest BCUT2D eigenvalue weighted by Crippen LogP contribution is -2.31. The van der Waals surface area contributed by atoms with Crippen molar-refractivity contribution in [3.8, 4) is 0 Å². The molecule has 0 heterocycles. The molecule has 0 fully saturated rings. The molecule has 0 aliphatic rings. The molecule has 10 heteroatoms. The second-order valence-electron chi connectivity index (χ2n) is 3.88. The van der Waals surface area contributed by atoms with Gasteiger partial charge in [-0.15, -0.1) is 11.8 Å². The molecule has 0 radical (unpaired) electrons. The Kier molecular flexibility index (Phi) is 13.8. The van der Waals surface area contributed by atoms with Gasteiger partial charge in [0.25, 0.3) is 0 Å². The first kappa shape index (κ1) is 22.9. The van der Waals surface area contributed by atoms with E-state index in [0.717, 1.165) is 11.8 Å². The fourth-order valence-corrected chi connectivity index (χ4v) is 2.31. The standard InChI is InChI=1S/2C6H11NO3S/c1-7-6(10)4(11-2)3-5(8)9;1-7-5(8)3-4(11-2)6(9)10/h4H,3H2,1-2H3,(H,7,10)(H,8,9);4H,3H2,1-2H3,(H,7,8)(H,9,10). The van der Waals surface area contributed by atoms with Crippen LogP contribution in [0.3, 0.4) is 0 Å². The number of hydrogen-bond acceptors (Lipinski definition) is 6. The third kappa shape index (κ3) is 11.3. The predicted molar refractivity (Wildman–Crippen MR) is 87.2 cm³/mol. The maximum absolute atomic E-state index is 10.9. The molecule has 0 aromatic rings. The van der Waals surface area contributed by atoms with E-state index in [-0.39, 0.29) is 24.7 Å². The van der Waals surface area contributed by atoms with Crippen molar-refractivity contribution < 1.29 is 29.4 Å². The highest BCUT2D eigenvalue weighted by Gasteiger charge is 2.19. The van der Waals surface area contributed by atoms with Gasteiger partial charge in [-0.1, -0.05) is 0 Å². The normalized spacial score (nSPS) is 12.2. The Morgan fingerprint density at radius 3 is 1.68 bits per heavy atom. The van der Waals surface area contributed by atoms with E-state index in [1.807, 2.05) is 0 Å². The molecule has 0 aliphatic carbocycles. The van der Waals surface area contributed by atoms with Crippen molar-refractivity contribution in [3.05, 3.63) is 0 Å². The van der Waals surface area contributed by atoms with E-state index in [0.29, 0.717) is 0 Å². The second kappa shape index (κ2) is 13.3. The summed E-state index contributed by atoms with van der Waals surface area (Å²) >= 11 is 2.40. The molecule has 0 aromatic carbocycles. The Morgan fingerprint density at radius 1 is 0.909 bits per heavy atom. The third-order valence-electron chi connectivity index (χ3n) is 2.39. The average Bonchev–Trinajstić information content (AvgIpc) is 2.49. The van der Waals surface area contributed by atoms with E-state index in [2.05, 4.69) is 10.6 Å². The summed E-state index contributed by atoms with van der Waals surface area (Å²) in [4.78, 5) is 42.2. The zero-order valence-corrected chi connectivity index (χ0v) is 14.5. The molecule has 8 nitrogen and oxygen atoms in total. The summed E-state index contributed by atoms with van der Waals surface area (Å²) < 4.78 is 0. The minimum Gasteiger partial charge on any atom is -0.481 e. The topological polar surface area (TPSA) is 133 Å².